The van der Waals surface area contributed by atoms with E-state index in [4.69, 9.17) is 4.74 Å². The Morgan fingerprint density at radius 1 is 1.00 bits per heavy atom. The van der Waals surface area contributed by atoms with Crippen LogP contribution in [-0.2, 0) is 19.1 Å². The second-order valence-corrected chi connectivity index (χ2v) is 5.26. The van der Waals surface area contributed by atoms with Crippen LogP contribution in [-0.4, -0.2) is 42.8 Å². The third-order valence-electron chi connectivity index (χ3n) is 2.78. The molecule has 0 aromatic rings. The van der Waals surface area contributed by atoms with Crippen molar-refractivity contribution >= 4 is 17.7 Å². The van der Waals surface area contributed by atoms with E-state index in [1.54, 1.807) is 20.9 Å². The van der Waals surface area contributed by atoms with Crippen LogP contribution >= 0.6 is 0 Å². The highest BCUT2D eigenvalue weighted by Crippen LogP contribution is 2.03. The van der Waals surface area contributed by atoms with Gasteiger partial charge in [-0.1, -0.05) is 27.7 Å². The Labute approximate surface area is 115 Å². The van der Waals surface area contributed by atoms with Gasteiger partial charge in [0, 0.05) is 25.3 Å². The summed E-state index contributed by atoms with van der Waals surface area (Å²) in [5, 5.41) is 0. The number of hydrogen-bond acceptors (Lipinski definition) is 4. The molecule has 0 spiro atoms. The number of hydrogen-bond donors (Lipinski definition) is 0. The molecule has 0 aromatic carbocycles. The average Bonchev–Trinajstić information content (AvgIpc) is 2.34. The van der Waals surface area contributed by atoms with Crippen molar-refractivity contribution in [3.63, 3.8) is 0 Å². The largest absolute Gasteiger partial charge is 0.464 e. The summed E-state index contributed by atoms with van der Waals surface area (Å²) >= 11 is 0. The number of carbonyl (C=O) groups is 3. The number of esters is 1. The fourth-order valence-electron chi connectivity index (χ4n) is 1.43. The Morgan fingerprint density at radius 2 is 1.58 bits per heavy atom. The van der Waals surface area contributed by atoms with Gasteiger partial charge in [-0.05, 0) is 0 Å². The maximum Gasteiger partial charge on any atom is 0.306 e. The normalized spacial score (nSPS) is 10.7. The van der Waals surface area contributed by atoms with Gasteiger partial charge in [-0.3, -0.25) is 14.4 Å². The van der Waals surface area contributed by atoms with E-state index >= 15 is 0 Å². The van der Waals surface area contributed by atoms with Crippen LogP contribution in [0.15, 0.2) is 0 Å². The van der Waals surface area contributed by atoms with Gasteiger partial charge in [0.25, 0.3) is 0 Å². The molecule has 19 heavy (non-hydrogen) atoms. The molecule has 0 unspecified atom stereocenters. The van der Waals surface area contributed by atoms with E-state index in [1.807, 2.05) is 13.8 Å². The molecule has 0 bridgehead atoms. The summed E-state index contributed by atoms with van der Waals surface area (Å²) in [5.74, 6) is -0.429. The molecule has 0 atom stereocenters. The first-order valence-corrected chi connectivity index (χ1v) is 6.69. The van der Waals surface area contributed by atoms with Gasteiger partial charge in [-0.15, -0.1) is 0 Å². The minimum absolute atomic E-state index is 0.0195. The molecule has 0 N–H and O–H groups in total. The van der Waals surface area contributed by atoms with E-state index in [1.165, 1.54) is 4.90 Å². The van der Waals surface area contributed by atoms with Crippen LogP contribution in [0.25, 0.3) is 0 Å². The molecule has 110 valence electrons. The van der Waals surface area contributed by atoms with Gasteiger partial charge in [-0.25, -0.2) is 0 Å². The van der Waals surface area contributed by atoms with E-state index in [0.717, 1.165) is 0 Å². The van der Waals surface area contributed by atoms with Crippen molar-refractivity contribution < 1.29 is 19.1 Å². The Hall–Kier alpha value is -1.39. The lowest BCUT2D eigenvalue weighted by molar-refractivity contribution is -0.147. The predicted octanol–water partition coefficient (Wildman–Crippen LogP) is 1.65. The molecular formula is C14H25NO4. The van der Waals surface area contributed by atoms with Crippen LogP contribution in [0.5, 0.6) is 0 Å². The molecule has 5 heteroatoms. The number of ketones is 1. The lowest BCUT2D eigenvalue weighted by Crippen LogP contribution is -2.33. The van der Waals surface area contributed by atoms with Crippen molar-refractivity contribution in [2.45, 2.75) is 40.5 Å². The minimum atomic E-state index is -0.389. The van der Waals surface area contributed by atoms with Gasteiger partial charge in [0.1, 0.15) is 12.4 Å². The fourth-order valence-corrected chi connectivity index (χ4v) is 1.43. The third kappa shape index (κ3) is 7.59. The lowest BCUT2D eigenvalue weighted by Gasteiger charge is -2.19. The quantitative estimate of drug-likeness (QED) is 0.630. The lowest BCUT2D eigenvalue weighted by atomic mass is 10.1. The van der Waals surface area contributed by atoms with Crippen molar-refractivity contribution in [3.8, 4) is 0 Å². The first-order chi connectivity index (χ1) is 8.75. The molecule has 0 aromatic heterocycles. The number of ether oxygens (including phenoxy) is 1. The summed E-state index contributed by atoms with van der Waals surface area (Å²) in [5.41, 5.74) is 0. The van der Waals surface area contributed by atoms with Gasteiger partial charge in [0.15, 0.2) is 0 Å². The Balaban J connectivity index is 3.81. The van der Waals surface area contributed by atoms with Crippen molar-refractivity contribution in [1.82, 2.24) is 4.90 Å². The number of Topliss-reactive ketones (excluding diaryl/α,β-unsaturated/α-hetero) is 1. The van der Waals surface area contributed by atoms with Gasteiger partial charge < -0.3 is 9.64 Å². The summed E-state index contributed by atoms with van der Waals surface area (Å²) in [4.78, 5) is 35.8. The van der Waals surface area contributed by atoms with Gasteiger partial charge >= 0.3 is 5.97 Å². The topological polar surface area (TPSA) is 63.7 Å². The summed E-state index contributed by atoms with van der Waals surface area (Å²) in [6, 6.07) is 0. The monoisotopic (exact) mass is 271 g/mol. The van der Waals surface area contributed by atoms with Gasteiger partial charge in [0.2, 0.25) is 5.91 Å². The fraction of sp³-hybridized carbons (Fsp3) is 0.786. The highest BCUT2D eigenvalue weighted by Gasteiger charge is 2.14. The molecule has 0 radical (unpaired) electrons. The van der Waals surface area contributed by atoms with E-state index in [0.29, 0.717) is 6.54 Å². The number of amides is 1. The molecular weight excluding hydrogens is 246 g/mol. The van der Waals surface area contributed by atoms with E-state index in [2.05, 4.69) is 0 Å². The Bertz CT molecular complexity index is 323. The maximum absolute atomic E-state index is 11.5. The second kappa shape index (κ2) is 8.67. The van der Waals surface area contributed by atoms with E-state index in [-0.39, 0.29) is 48.9 Å². The van der Waals surface area contributed by atoms with Crippen LogP contribution in [0.3, 0.4) is 0 Å². The molecule has 1 amide bonds. The Kier molecular flexibility index (Phi) is 8.03. The van der Waals surface area contributed by atoms with E-state index in [9.17, 15) is 14.4 Å². The van der Waals surface area contributed by atoms with Crippen LogP contribution in [0.4, 0.5) is 0 Å². The first-order valence-electron chi connectivity index (χ1n) is 6.69. The summed E-state index contributed by atoms with van der Waals surface area (Å²) in [6.07, 6.45) is 0.329. The zero-order valence-electron chi connectivity index (χ0n) is 12.6. The van der Waals surface area contributed by atoms with Gasteiger partial charge in [0.05, 0.1) is 13.0 Å². The first kappa shape index (κ1) is 17.6. The summed E-state index contributed by atoms with van der Waals surface area (Å²) < 4.78 is 4.99. The molecule has 0 fully saturated rings. The highest BCUT2D eigenvalue weighted by molar-refractivity contribution is 5.84. The number of likely N-dealkylation sites (N-methyl/N-ethyl adjacent to an activating group) is 1. The number of rotatable bonds is 8. The standard InChI is InChI=1S/C14H25NO4/c1-10(2)12(16)6-7-13(17)19-9-8-15(5)14(18)11(3)4/h10-11H,6-9H2,1-5H3. The van der Waals surface area contributed by atoms with Crippen molar-refractivity contribution in [2.24, 2.45) is 11.8 Å². The molecule has 0 heterocycles. The zero-order valence-corrected chi connectivity index (χ0v) is 12.6. The van der Waals surface area contributed by atoms with Crippen LogP contribution in [0.1, 0.15) is 40.5 Å². The predicted molar refractivity (Wildman–Crippen MR) is 72.5 cm³/mol. The molecule has 0 aliphatic rings. The smallest absolute Gasteiger partial charge is 0.306 e. The SMILES string of the molecule is CC(C)C(=O)CCC(=O)OCCN(C)C(=O)C(C)C. The number of carbonyl (C=O) groups excluding carboxylic acids is 3. The van der Waals surface area contributed by atoms with Crippen LogP contribution < -0.4 is 0 Å². The van der Waals surface area contributed by atoms with Crippen LogP contribution in [0.2, 0.25) is 0 Å². The second-order valence-electron chi connectivity index (χ2n) is 5.26. The third-order valence-corrected chi connectivity index (χ3v) is 2.78. The molecule has 0 saturated heterocycles. The molecule has 0 rings (SSSR count). The number of nitrogens with zero attached hydrogens (tertiary/aromatic N) is 1. The molecule has 0 aliphatic heterocycles. The molecule has 0 aliphatic carbocycles. The van der Waals surface area contributed by atoms with Crippen LogP contribution in [0, 0.1) is 11.8 Å². The molecule has 5 nitrogen and oxygen atoms in total. The highest BCUT2D eigenvalue weighted by atomic mass is 16.5. The summed E-state index contributed by atoms with van der Waals surface area (Å²) in [6.45, 7) is 7.80. The average molecular weight is 271 g/mol. The van der Waals surface area contributed by atoms with Crippen molar-refractivity contribution in [2.75, 3.05) is 20.2 Å². The van der Waals surface area contributed by atoms with Gasteiger partial charge in [-0.2, -0.15) is 0 Å². The molecule has 0 saturated carbocycles. The van der Waals surface area contributed by atoms with Crippen molar-refractivity contribution in [3.05, 3.63) is 0 Å². The zero-order chi connectivity index (χ0) is 15.0. The van der Waals surface area contributed by atoms with Crippen molar-refractivity contribution in [1.29, 1.82) is 0 Å². The van der Waals surface area contributed by atoms with E-state index < -0.39 is 0 Å². The minimum Gasteiger partial charge on any atom is -0.464 e. The summed E-state index contributed by atoms with van der Waals surface area (Å²) in [7, 11) is 1.68. The Morgan fingerprint density at radius 3 is 2.05 bits per heavy atom. The maximum atomic E-state index is 11.5.